The van der Waals surface area contributed by atoms with Crippen molar-refractivity contribution in [3.63, 3.8) is 0 Å². The van der Waals surface area contributed by atoms with Crippen LogP contribution in [0.3, 0.4) is 0 Å². The van der Waals surface area contributed by atoms with Crippen LogP contribution in [0.2, 0.25) is 0 Å². The molecule has 1 fully saturated rings. The SMILES string of the molecule is Cc1c(CN2CCN(c3ncccn3)CC2)cccc1[N+](=O)[O-]. The van der Waals surface area contributed by atoms with Crippen LogP contribution in [0.25, 0.3) is 0 Å². The van der Waals surface area contributed by atoms with Crippen LogP contribution in [0.4, 0.5) is 11.6 Å². The highest BCUT2D eigenvalue weighted by atomic mass is 16.6. The van der Waals surface area contributed by atoms with Gasteiger partial charge in [0.05, 0.1) is 4.92 Å². The first-order valence-electron chi connectivity index (χ1n) is 7.62. The van der Waals surface area contributed by atoms with E-state index >= 15 is 0 Å². The number of hydrogen-bond donors (Lipinski definition) is 0. The molecule has 0 atom stereocenters. The third-order valence-corrected chi connectivity index (χ3v) is 4.22. The van der Waals surface area contributed by atoms with Crippen molar-refractivity contribution in [2.24, 2.45) is 0 Å². The van der Waals surface area contributed by atoms with Gasteiger partial charge in [-0.05, 0) is 18.6 Å². The second-order valence-electron chi connectivity index (χ2n) is 5.63. The van der Waals surface area contributed by atoms with Gasteiger partial charge in [0.15, 0.2) is 0 Å². The first-order valence-corrected chi connectivity index (χ1v) is 7.62. The molecule has 0 N–H and O–H groups in total. The highest BCUT2D eigenvalue weighted by Gasteiger charge is 2.20. The van der Waals surface area contributed by atoms with Crippen molar-refractivity contribution >= 4 is 11.6 Å². The molecule has 0 spiro atoms. The van der Waals surface area contributed by atoms with Crippen LogP contribution in [0, 0.1) is 17.0 Å². The number of benzene rings is 1. The second kappa shape index (κ2) is 6.70. The predicted molar refractivity (Wildman–Crippen MR) is 87.4 cm³/mol. The van der Waals surface area contributed by atoms with E-state index in [9.17, 15) is 10.1 Å². The van der Waals surface area contributed by atoms with Crippen LogP contribution in [-0.4, -0.2) is 46.0 Å². The highest BCUT2D eigenvalue weighted by molar-refractivity contribution is 5.44. The van der Waals surface area contributed by atoms with E-state index in [0.717, 1.165) is 49.8 Å². The van der Waals surface area contributed by atoms with Gasteiger partial charge in [0.1, 0.15) is 0 Å². The number of aromatic nitrogens is 2. The summed E-state index contributed by atoms with van der Waals surface area (Å²) < 4.78 is 0. The summed E-state index contributed by atoms with van der Waals surface area (Å²) in [6.45, 7) is 6.05. The van der Waals surface area contributed by atoms with Crippen molar-refractivity contribution in [1.82, 2.24) is 14.9 Å². The Labute approximate surface area is 134 Å². The minimum absolute atomic E-state index is 0.193. The van der Waals surface area contributed by atoms with E-state index < -0.39 is 0 Å². The Balaban J connectivity index is 1.63. The molecule has 7 nitrogen and oxygen atoms in total. The highest BCUT2D eigenvalue weighted by Crippen LogP contribution is 2.23. The minimum atomic E-state index is -0.316. The molecule has 0 bridgehead atoms. The maximum Gasteiger partial charge on any atom is 0.272 e. The quantitative estimate of drug-likeness (QED) is 0.635. The van der Waals surface area contributed by atoms with Crippen molar-refractivity contribution in [2.75, 3.05) is 31.1 Å². The van der Waals surface area contributed by atoms with Gasteiger partial charge in [0, 0.05) is 56.7 Å². The molecular formula is C16H19N5O2. The Morgan fingerprint density at radius 2 is 1.83 bits per heavy atom. The van der Waals surface area contributed by atoms with Gasteiger partial charge in [-0.2, -0.15) is 0 Å². The average molecular weight is 313 g/mol. The van der Waals surface area contributed by atoms with Gasteiger partial charge in [-0.3, -0.25) is 15.0 Å². The predicted octanol–water partition coefficient (Wildman–Crippen LogP) is 2.02. The molecule has 1 aromatic heterocycles. The lowest BCUT2D eigenvalue weighted by atomic mass is 10.1. The summed E-state index contributed by atoms with van der Waals surface area (Å²) in [5.74, 6) is 0.763. The lowest BCUT2D eigenvalue weighted by molar-refractivity contribution is -0.385. The molecule has 1 aromatic carbocycles. The van der Waals surface area contributed by atoms with Crippen molar-refractivity contribution in [1.29, 1.82) is 0 Å². The Hall–Kier alpha value is -2.54. The number of nitrogens with zero attached hydrogens (tertiary/aromatic N) is 5. The molecule has 23 heavy (non-hydrogen) atoms. The van der Waals surface area contributed by atoms with Crippen molar-refractivity contribution in [3.8, 4) is 0 Å². The average Bonchev–Trinajstić information content (AvgIpc) is 2.58. The number of rotatable bonds is 4. The van der Waals surface area contributed by atoms with Crippen molar-refractivity contribution < 1.29 is 4.92 Å². The lowest BCUT2D eigenvalue weighted by Crippen LogP contribution is -2.46. The molecule has 7 heteroatoms. The molecule has 2 aromatic rings. The van der Waals surface area contributed by atoms with Crippen molar-refractivity contribution in [3.05, 3.63) is 57.9 Å². The van der Waals surface area contributed by atoms with Gasteiger partial charge in [0.2, 0.25) is 5.95 Å². The van der Waals surface area contributed by atoms with Gasteiger partial charge in [-0.25, -0.2) is 9.97 Å². The Bertz CT molecular complexity index is 684. The van der Waals surface area contributed by atoms with Crippen molar-refractivity contribution in [2.45, 2.75) is 13.5 Å². The Kier molecular flexibility index (Phi) is 4.47. The smallest absolute Gasteiger partial charge is 0.272 e. The zero-order valence-corrected chi connectivity index (χ0v) is 13.1. The molecule has 3 rings (SSSR count). The summed E-state index contributed by atoms with van der Waals surface area (Å²) in [6, 6.07) is 7.10. The van der Waals surface area contributed by atoms with Gasteiger partial charge in [0.25, 0.3) is 5.69 Å². The lowest BCUT2D eigenvalue weighted by Gasteiger charge is -2.34. The fourth-order valence-corrected chi connectivity index (χ4v) is 2.84. The van der Waals surface area contributed by atoms with E-state index in [2.05, 4.69) is 19.8 Å². The summed E-state index contributed by atoms with van der Waals surface area (Å²) in [5.41, 5.74) is 1.97. The van der Waals surface area contributed by atoms with E-state index in [1.165, 1.54) is 0 Å². The summed E-state index contributed by atoms with van der Waals surface area (Å²) in [6.07, 6.45) is 3.50. The third kappa shape index (κ3) is 3.45. The first-order chi connectivity index (χ1) is 11.1. The van der Waals surface area contributed by atoms with Crippen LogP contribution in [0.15, 0.2) is 36.7 Å². The van der Waals surface area contributed by atoms with Gasteiger partial charge in [-0.15, -0.1) is 0 Å². The molecule has 2 heterocycles. The number of piperazine rings is 1. The molecule has 0 amide bonds. The van der Waals surface area contributed by atoms with E-state index in [1.54, 1.807) is 24.5 Å². The van der Waals surface area contributed by atoms with E-state index in [1.807, 2.05) is 19.1 Å². The second-order valence-corrected chi connectivity index (χ2v) is 5.63. The zero-order chi connectivity index (χ0) is 16.2. The van der Waals surface area contributed by atoms with E-state index in [-0.39, 0.29) is 10.6 Å². The number of nitro groups is 1. The standard InChI is InChI=1S/C16H19N5O2/c1-13-14(4-2-5-15(13)21(22)23)12-19-8-10-20(11-9-19)16-17-6-3-7-18-16/h2-7H,8-12H2,1H3. The topological polar surface area (TPSA) is 75.4 Å². The van der Waals surface area contributed by atoms with E-state index in [4.69, 9.17) is 0 Å². The number of anilines is 1. The maximum atomic E-state index is 11.0. The number of hydrogen-bond acceptors (Lipinski definition) is 6. The fourth-order valence-electron chi connectivity index (χ4n) is 2.84. The molecule has 1 saturated heterocycles. The van der Waals surface area contributed by atoms with E-state index in [0.29, 0.717) is 0 Å². The van der Waals surface area contributed by atoms with Crippen LogP contribution in [-0.2, 0) is 6.54 Å². The molecule has 1 aliphatic rings. The largest absolute Gasteiger partial charge is 0.338 e. The normalized spacial score (nSPS) is 15.6. The van der Waals surface area contributed by atoms with Gasteiger partial charge < -0.3 is 4.90 Å². The van der Waals surface area contributed by atoms with Crippen LogP contribution in [0.5, 0.6) is 0 Å². The summed E-state index contributed by atoms with van der Waals surface area (Å²) >= 11 is 0. The monoisotopic (exact) mass is 313 g/mol. The zero-order valence-electron chi connectivity index (χ0n) is 13.1. The molecule has 0 unspecified atom stereocenters. The van der Waals surface area contributed by atoms with Crippen LogP contribution in [0.1, 0.15) is 11.1 Å². The van der Waals surface area contributed by atoms with Gasteiger partial charge >= 0.3 is 0 Å². The first kappa shape index (κ1) is 15.4. The Morgan fingerprint density at radius 1 is 1.13 bits per heavy atom. The third-order valence-electron chi connectivity index (χ3n) is 4.22. The number of nitro benzene ring substituents is 1. The maximum absolute atomic E-state index is 11.0. The Morgan fingerprint density at radius 3 is 2.48 bits per heavy atom. The van der Waals surface area contributed by atoms with Crippen LogP contribution >= 0.6 is 0 Å². The molecule has 1 aliphatic heterocycles. The van der Waals surface area contributed by atoms with Crippen LogP contribution < -0.4 is 4.90 Å². The molecule has 0 saturated carbocycles. The molecule has 0 radical (unpaired) electrons. The van der Waals surface area contributed by atoms with Gasteiger partial charge in [-0.1, -0.05) is 12.1 Å². The summed E-state index contributed by atoms with van der Waals surface area (Å²) in [5, 5.41) is 11.0. The molecular weight excluding hydrogens is 294 g/mol. The molecule has 120 valence electrons. The summed E-state index contributed by atoms with van der Waals surface area (Å²) in [7, 11) is 0. The molecule has 0 aliphatic carbocycles. The summed E-state index contributed by atoms with van der Waals surface area (Å²) in [4.78, 5) is 23.8. The fraction of sp³-hybridized carbons (Fsp3) is 0.375. The minimum Gasteiger partial charge on any atom is -0.338 e.